The van der Waals surface area contributed by atoms with Crippen LogP contribution in [0.15, 0.2) is 59.6 Å². The molecule has 4 atom stereocenters. The van der Waals surface area contributed by atoms with Gasteiger partial charge in [-0.25, -0.2) is 9.97 Å². The standard InChI is InChI=1S/C23H24N3O4/c1-14-8-17(10-19(14)27)26-22-18(11-24-13-25-22)21(28)20-9-16(12-30-20)23(2,29)15-6-4-3-5-7-15/h3-7,9,11-14,17,19,27,29H,1,8,10H2,2H3,(H,24,25,26)/t14-,17-,19+,23+/m1/s1. The maximum atomic E-state index is 13.1. The van der Waals surface area contributed by atoms with Gasteiger partial charge in [-0.05, 0) is 44.2 Å². The molecule has 2 heterocycles. The van der Waals surface area contributed by atoms with Crippen LogP contribution in [0.4, 0.5) is 5.82 Å². The number of nitrogens with one attached hydrogen (secondary N) is 1. The number of carbonyl (C=O) groups is 1. The maximum Gasteiger partial charge on any atom is 0.233 e. The summed E-state index contributed by atoms with van der Waals surface area (Å²) in [4.78, 5) is 21.3. The Bertz CT molecular complexity index is 1020. The van der Waals surface area contributed by atoms with Crippen LogP contribution in [0.1, 0.15) is 47.0 Å². The zero-order valence-corrected chi connectivity index (χ0v) is 16.7. The van der Waals surface area contributed by atoms with E-state index < -0.39 is 17.5 Å². The van der Waals surface area contributed by atoms with Crippen molar-refractivity contribution in [3.63, 3.8) is 0 Å². The van der Waals surface area contributed by atoms with Crippen LogP contribution in [0.3, 0.4) is 0 Å². The number of nitrogens with zero attached hydrogens (tertiary/aromatic N) is 2. The maximum absolute atomic E-state index is 13.1. The fourth-order valence-electron chi connectivity index (χ4n) is 3.80. The normalized spacial score (nSPS) is 23.1. The summed E-state index contributed by atoms with van der Waals surface area (Å²) < 4.78 is 5.50. The van der Waals surface area contributed by atoms with E-state index in [0.29, 0.717) is 29.8 Å². The molecule has 1 saturated carbocycles. The van der Waals surface area contributed by atoms with E-state index in [0.717, 1.165) is 0 Å². The van der Waals surface area contributed by atoms with Gasteiger partial charge >= 0.3 is 0 Å². The van der Waals surface area contributed by atoms with Gasteiger partial charge in [0.1, 0.15) is 17.7 Å². The number of hydrogen-bond donors (Lipinski definition) is 3. The highest BCUT2D eigenvalue weighted by molar-refractivity contribution is 6.10. The Morgan fingerprint density at radius 3 is 2.73 bits per heavy atom. The molecule has 0 saturated heterocycles. The quantitative estimate of drug-likeness (QED) is 0.540. The molecule has 0 aliphatic heterocycles. The Hall–Kier alpha value is -3.03. The molecule has 0 bridgehead atoms. The zero-order chi connectivity index (χ0) is 21.3. The van der Waals surface area contributed by atoms with E-state index in [1.165, 1.54) is 24.9 Å². The molecule has 3 aromatic rings. The lowest BCUT2D eigenvalue weighted by Gasteiger charge is -2.22. The van der Waals surface area contributed by atoms with Crippen molar-refractivity contribution in [2.24, 2.45) is 5.92 Å². The fourth-order valence-corrected chi connectivity index (χ4v) is 3.80. The first kappa shape index (κ1) is 20.3. The number of aromatic nitrogens is 2. The van der Waals surface area contributed by atoms with Crippen LogP contribution in [0, 0.1) is 12.8 Å². The van der Waals surface area contributed by atoms with Gasteiger partial charge in [0, 0.05) is 17.8 Å². The number of anilines is 1. The summed E-state index contributed by atoms with van der Waals surface area (Å²) in [5, 5.41) is 24.1. The van der Waals surface area contributed by atoms with E-state index in [1.54, 1.807) is 6.92 Å². The van der Waals surface area contributed by atoms with Crippen molar-refractivity contribution < 1.29 is 19.4 Å². The lowest BCUT2D eigenvalue weighted by atomic mass is 9.90. The van der Waals surface area contributed by atoms with Crippen molar-refractivity contribution in [2.75, 3.05) is 5.32 Å². The van der Waals surface area contributed by atoms with Crippen LogP contribution in [0.2, 0.25) is 0 Å². The number of rotatable bonds is 6. The molecule has 2 aromatic heterocycles. The van der Waals surface area contributed by atoms with Crippen molar-refractivity contribution in [3.05, 3.63) is 84.6 Å². The molecule has 0 amide bonds. The van der Waals surface area contributed by atoms with Gasteiger partial charge in [-0.2, -0.15) is 0 Å². The third-order valence-corrected chi connectivity index (χ3v) is 5.68. The summed E-state index contributed by atoms with van der Waals surface area (Å²) in [6.45, 7) is 5.59. The monoisotopic (exact) mass is 406 g/mol. The van der Waals surface area contributed by atoms with Gasteiger partial charge in [0.2, 0.25) is 5.78 Å². The Balaban J connectivity index is 1.58. The number of aliphatic hydroxyl groups excluding tert-OH is 1. The smallest absolute Gasteiger partial charge is 0.233 e. The van der Waals surface area contributed by atoms with Crippen LogP contribution >= 0.6 is 0 Å². The minimum atomic E-state index is -1.30. The van der Waals surface area contributed by atoms with Gasteiger partial charge in [-0.1, -0.05) is 30.3 Å². The molecule has 1 aliphatic carbocycles. The topological polar surface area (TPSA) is 108 Å². The molecule has 1 aliphatic rings. The van der Waals surface area contributed by atoms with E-state index in [2.05, 4.69) is 22.2 Å². The lowest BCUT2D eigenvalue weighted by Crippen LogP contribution is -2.22. The Labute approximate surface area is 174 Å². The molecule has 1 aromatic carbocycles. The van der Waals surface area contributed by atoms with Crippen LogP contribution < -0.4 is 5.32 Å². The Kier molecular flexibility index (Phi) is 5.40. The van der Waals surface area contributed by atoms with Crippen LogP contribution in [-0.2, 0) is 5.60 Å². The second kappa shape index (κ2) is 8.01. The fraction of sp³-hybridized carbons (Fsp3) is 0.304. The summed E-state index contributed by atoms with van der Waals surface area (Å²) in [7, 11) is 0. The van der Waals surface area contributed by atoms with Gasteiger partial charge in [-0.15, -0.1) is 0 Å². The molecule has 7 heteroatoms. The third-order valence-electron chi connectivity index (χ3n) is 5.68. The molecule has 0 spiro atoms. The van der Waals surface area contributed by atoms with E-state index in [1.807, 2.05) is 30.3 Å². The molecule has 0 unspecified atom stereocenters. The molecule has 4 rings (SSSR count). The number of furan rings is 1. The highest BCUT2D eigenvalue weighted by atomic mass is 16.3. The van der Waals surface area contributed by atoms with E-state index in [9.17, 15) is 15.0 Å². The van der Waals surface area contributed by atoms with Crippen molar-refractivity contribution >= 4 is 11.6 Å². The molecule has 1 fully saturated rings. The van der Waals surface area contributed by atoms with Gasteiger partial charge in [-0.3, -0.25) is 4.79 Å². The SMILES string of the molecule is [CH2][C@@H]1C[C@@H](Nc2ncncc2C(=O)c2cc([C@@](C)(O)c3ccccc3)co2)C[C@@H]1O. The zero-order valence-electron chi connectivity index (χ0n) is 16.7. The summed E-state index contributed by atoms with van der Waals surface area (Å²) in [6, 6.07) is 10.7. The van der Waals surface area contributed by atoms with E-state index >= 15 is 0 Å². The minimum absolute atomic E-state index is 0.0325. The molecule has 1 radical (unpaired) electrons. The predicted octanol–water partition coefficient (Wildman–Crippen LogP) is 2.94. The van der Waals surface area contributed by atoms with Crippen molar-refractivity contribution in [3.8, 4) is 0 Å². The lowest BCUT2D eigenvalue weighted by molar-refractivity contribution is 0.100. The third kappa shape index (κ3) is 3.86. The Morgan fingerprint density at radius 2 is 2.03 bits per heavy atom. The first-order valence-electron chi connectivity index (χ1n) is 9.85. The second-order valence-corrected chi connectivity index (χ2v) is 7.89. The van der Waals surface area contributed by atoms with E-state index in [4.69, 9.17) is 4.42 Å². The number of hydrogen-bond acceptors (Lipinski definition) is 7. The molecular formula is C23H24N3O4. The van der Waals surface area contributed by atoms with Gasteiger partial charge in [0.05, 0.1) is 17.9 Å². The first-order valence-corrected chi connectivity index (χ1v) is 9.85. The van der Waals surface area contributed by atoms with Gasteiger partial charge in [0.15, 0.2) is 5.76 Å². The van der Waals surface area contributed by atoms with Gasteiger partial charge < -0.3 is 19.9 Å². The summed E-state index contributed by atoms with van der Waals surface area (Å²) in [6.07, 6.45) is 4.93. The predicted molar refractivity (Wildman–Crippen MR) is 111 cm³/mol. The number of aliphatic hydroxyl groups is 2. The average Bonchev–Trinajstić information content (AvgIpc) is 3.36. The molecule has 155 valence electrons. The highest BCUT2D eigenvalue weighted by Gasteiger charge is 2.32. The van der Waals surface area contributed by atoms with E-state index in [-0.39, 0.29) is 23.3 Å². The van der Waals surface area contributed by atoms with Crippen LogP contribution in [0.5, 0.6) is 0 Å². The minimum Gasteiger partial charge on any atom is -0.460 e. The Morgan fingerprint density at radius 1 is 1.27 bits per heavy atom. The van der Waals surface area contributed by atoms with Crippen molar-refractivity contribution in [2.45, 2.75) is 37.5 Å². The van der Waals surface area contributed by atoms with Crippen molar-refractivity contribution in [1.82, 2.24) is 9.97 Å². The van der Waals surface area contributed by atoms with Gasteiger partial charge in [0.25, 0.3) is 0 Å². The molecule has 3 N–H and O–H groups in total. The first-order chi connectivity index (χ1) is 14.4. The van der Waals surface area contributed by atoms with Crippen LogP contribution in [-0.4, -0.2) is 38.1 Å². The number of carbonyl (C=O) groups excluding carboxylic acids is 1. The number of benzene rings is 1. The van der Waals surface area contributed by atoms with Crippen molar-refractivity contribution in [1.29, 1.82) is 0 Å². The molecule has 7 nitrogen and oxygen atoms in total. The summed E-state index contributed by atoms with van der Waals surface area (Å²) in [5.74, 6) is 0.0175. The number of ketones is 1. The summed E-state index contributed by atoms with van der Waals surface area (Å²) >= 11 is 0. The summed E-state index contributed by atoms with van der Waals surface area (Å²) in [5.41, 5.74) is 0.125. The molecule has 30 heavy (non-hydrogen) atoms. The second-order valence-electron chi connectivity index (χ2n) is 7.89. The largest absolute Gasteiger partial charge is 0.460 e. The molecular weight excluding hydrogens is 382 g/mol. The average molecular weight is 406 g/mol. The van der Waals surface area contributed by atoms with Crippen LogP contribution in [0.25, 0.3) is 0 Å². The highest BCUT2D eigenvalue weighted by Crippen LogP contribution is 2.32.